The highest BCUT2D eigenvalue weighted by atomic mass is 19.1. The van der Waals surface area contributed by atoms with Gasteiger partial charge in [-0.3, -0.25) is 4.99 Å². The van der Waals surface area contributed by atoms with Crippen LogP contribution in [0.25, 0.3) is 0 Å². The maximum absolute atomic E-state index is 13.5. The molecule has 4 rings (SSSR count). The normalized spacial score (nSPS) is 20.3. The van der Waals surface area contributed by atoms with E-state index < -0.39 is 0 Å². The number of rotatable bonds is 5. The SMILES string of the molecule is CN=C(NCc1ccnc(N2CCOC(C)C2)c1)NC1CCN(c2cccc(F)c2)CC1. The first-order valence-corrected chi connectivity index (χ1v) is 11.4. The molecule has 172 valence electrons. The van der Waals surface area contributed by atoms with E-state index in [0.29, 0.717) is 12.6 Å². The van der Waals surface area contributed by atoms with Crippen molar-refractivity contribution in [1.29, 1.82) is 0 Å². The minimum Gasteiger partial charge on any atom is -0.375 e. The summed E-state index contributed by atoms with van der Waals surface area (Å²) < 4.78 is 19.2. The summed E-state index contributed by atoms with van der Waals surface area (Å²) in [4.78, 5) is 13.5. The molecule has 0 aliphatic carbocycles. The average Bonchev–Trinajstić information content (AvgIpc) is 2.82. The van der Waals surface area contributed by atoms with Crippen LogP contribution in [0.2, 0.25) is 0 Å². The lowest BCUT2D eigenvalue weighted by Gasteiger charge is -2.34. The van der Waals surface area contributed by atoms with E-state index in [-0.39, 0.29) is 11.9 Å². The van der Waals surface area contributed by atoms with Gasteiger partial charge in [0.2, 0.25) is 0 Å². The number of hydrogen-bond donors (Lipinski definition) is 2. The third-order valence-electron chi connectivity index (χ3n) is 6.07. The van der Waals surface area contributed by atoms with E-state index in [9.17, 15) is 4.39 Å². The molecule has 7 nitrogen and oxygen atoms in total. The van der Waals surface area contributed by atoms with Crippen molar-refractivity contribution in [2.24, 2.45) is 4.99 Å². The number of guanidine groups is 1. The highest BCUT2D eigenvalue weighted by molar-refractivity contribution is 5.80. The number of nitrogens with one attached hydrogen (secondary N) is 2. The predicted octanol–water partition coefficient (Wildman–Crippen LogP) is 2.78. The van der Waals surface area contributed by atoms with Gasteiger partial charge < -0.3 is 25.2 Å². The quantitative estimate of drug-likeness (QED) is 0.551. The second-order valence-corrected chi connectivity index (χ2v) is 8.46. The molecule has 1 unspecified atom stereocenters. The molecule has 3 heterocycles. The molecule has 0 bridgehead atoms. The molecule has 32 heavy (non-hydrogen) atoms. The van der Waals surface area contributed by atoms with Crippen molar-refractivity contribution in [2.45, 2.75) is 38.5 Å². The lowest BCUT2D eigenvalue weighted by Crippen LogP contribution is -2.48. The summed E-state index contributed by atoms with van der Waals surface area (Å²) in [5.41, 5.74) is 2.12. The second-order valence-electron chi connectivity index (χ2n) is 8.46. The lowest BCUT2D eigenvalue weighted by molar-refractivity contribution is 0.0529. The smallest absolute Gasteiger partial charge is 0.191 e. The van der Waals surface area contributed by atoms with Gasteiger partial charge in [0.05, 0.1) is 12.7 Å². The summed E-state index contributed by atoms with van der Waals surface area (Å²) in [6, 6.07) is 11.3. The zero-order valence-corrected chi connectivity index (χ0v) is 18.9. The fourth-order valence-corrected chi connectivity index (χ4v) is 4.30. The number of aliphatic imine (C=N–C) groups is 1. The van der Waals surface area contributed by atoms with Gasteiger partial charge in [-0.1, -0.05) is 6.07 Å². The van der Waals surface area contributed by atoms with Gasteiger partial charge in [0.25, 0.3) is 0 Å². The van der Waals surface area contributed by atoms with Gasteiger partial charge in [0, 0.05) is 57.7 Å². The van der Waals surface area contributed by atoms with Crippen LogP contribution < -0.4 is 20.4 Å². The third-order valence-corrected chi connectivity index (χ3v) is 6.07. The van der Waals surface area contributed by atoms with Crippen LogP contribution in [0.3, 0.4) is 0 Å². The molecule has 2 aromatic rings. The number of ether oxygens (including phenoxy) is 1. The molecule has 2 fully saturated rings. The van der Waals surface area contributed by atoms with Gasteiger partial charge in [-0.25, -0.2) is 9.37 Å². The number of aromatic nitrogens is 1. The molecule has 0 saturated carbocycles. The maximum Gasteiger partial charge on any atom is 0.191 e. The number of nitrogens with zero attached hydrogens (tertiary/aromatic N) is 4. The summed E-state index contributed by atoms with van der Waals surface area (Å²) in [6.07, 6.45) is 4.05. The second kappa shape index (κ2) is 10.6. The molecule has 2 aliphatic heterocycles. The van der Waals surface area contributed by atoms with E-state index in [2.05, 4.69) is 43.4 Å². The minimum absolute atomic E-state index is 0.185. The summed E-state index contributed by atoms with van der Waals surface area (Å²) in [5.74, 6) is 1.61. The highest BCUT2D eigenvalue weighted by Crippen LogP contribution is 2.21. The minimum atomic E-state index is -0.185. The molecule has 0 amide bonds. The zero-order valence-electron chi connectivity index (χ0n) is 18.9. The van der Waals surface area contributed by atoms with Crippen LogP contribution in [0, 0.1) is 5.82 Å². The van der Waals surface area contributed by atoms with Crippen LogP contribution in [-0.2, 0) is 11.3 Å². The maximum atomic E-state index is 13.5. The fraction of sp³-hybridized carbons (Fsp3) is 0.500. The summed E-state index contributed by atoms with van der Waals surface area (Å²) >= 11 is 0. The standard InChI is InChI=1S/C24H33FN6O/c1-18-17-31(12-13-32-18)23-14-19(6-9-27-23)16-28-24(26-2)29-21-7-10-30(11-8-21)22-5-3-4-20(25)15-22/h3-6,9,14-15,18,21H,7-8,10-13,16-17H2,1-2H3,(H2,26,28,29). The number of piperidine rings is 1. The third kappa shape index (κ3) is 5.88. The molecule has 2 N–H and O–H groups in total. The number of anilines is 2. The number of pyridine rings is 1. The van der Waals surface area contributed by atoms with Gasteiger partial charge in [-0.05, 0) is 55.7 Å². The molecule has 0 radical (unpaired) electrons. The Kier molecular flexibility index (Phi) is 7.42. The largest absolute Gasteiger partial charge is 0.375 e. The Hall–Kier alpha value is -2.87. The van der Waals surface area contributed by atoms with Crippen LogP contribution in [0.1, 0.15) is 25.3 Å². The van der Waals surface area contributed by atoms with E-state index in [0.717, 1.165) is 68.7 Å². The first kappa shape index (κ1) is 22.3. The molecule has 2 saturated heterocycles. The number of hydrogen-bond acceptors (Lipinski definition) is 5. The molecule has 1 aromatic carbocycles. The Bertz CT molecular complexity index is 915. The van der Waals surface area contributed by atoms with E-state index in [1.165, 1.54) is 6.07 Å². The number of halogens is 1. The van der Waals surface area contributed by atoms with Crippen LogP contribution in [-0.4, -0.2) is 62.9 Å². The molecular formula is C24H33FN6O. The van der Waals surface area contributed by atoms with E-state index in [1.54, 1.807) is 19.2 Å². The zero-order chi connectivity index (χ0) is 22.3. The predicted molar refractivity (Wildman–Crippen MR) is 127 cm³/mol. The van der Waals surface area contributed by atoms with Crippen LogP contribution >= 0.6 is 0 Å². The Labute approximate surface area is 189 Å². The first-order chi connectivity index (χ1) is 15.6. The first-order valence-electron chi connectivity index (χ1n) is 11.4. The molecular weight excluding hydrogens is 407 g/mol. The molecule has 1 aromatic heterocycles. The molecule has 8 heteroatoms. The average molecular weight is 441 g/mol. The Balaban J connectivity index is 1.26. The summed E-state index contributed by atoms with van der Waals surface area (Å²) in [7, 11) is 1.80. The van der Waals surface area contributed by atoms with Gasteiger partial charge in [0.1, 0.15) is 11.6 Å². The lowest BCUT2D eigenvalue weighted by atomic mass is 10.0. The van der Waals surface area contributed by atoms with Crippen molar-refractivity contribution in [3.05, 3.63) is 54.0 Å². The van der Waals surface area contributed by atoms with Crippen LogP contribution in [0.4, 0.5) is 15.9 Å². The monoisotopic (exact) mass is 440 g/mol. The Morgan fingerprint density at radius 3 is 2.78 bits per heavy atom. The van der Waals surface area contributed by atoms with E-state index in [4.69, 9.17) is 4.74 Å². The van der Waals surface area contributed by atoms with Gasteiger partial charge in [0.15, 0.2) is 5.96 Å². The molecule has 2 aliphatic rings. The van der Waals surface area contributed by atoms with Crippen molar-refractivity contribution in [1.82, 2.24) is 15.6 Å². The van der Waals surface area contributed by atoms with E-state index in [1.807, 2.05) is 18.3 Å². The van der Waals surface area contributed by atoms with Crippen molar-refractivity contribution in [3.8, 4) is 0 Å². The topological polar surface area (TPSA) is 65.0 Å². The Morgan fingerprint density at radius 2 is 2.03 bits per heavy atom. The van der Waals surface area contributed by atoms with Crippen molar-refractivity contribution >= 4 is 17.5 Å². The van der Waals surface area contributed by atoms with Crippen LogP contribution in [0.15, 0.2) is 47.6 Å². The number of benzene rings is 1. The van der Waals surface area contributed by atoms with Crippen molar-refractivity contribution < 1.29 is 9.13 Å². The van der Waals surface area contributed by atoms with Crippen molar-refractivity contribution in [2.75, 3.05) is 49.6 Å². The van der Waals surface area contributed by atoms with Crippen LogP contribution in [0.5, 0.6) is 0 Å². The van der Waals surface area contributed by atoms with Crippen molar-refractivity contribution in [3.63, 3.8) is 0 Å². The summed E-state index contributed by atoms with van der Waals surface area (Å²) in [6.45, 7) is 7.02. The van der Waals surface area contributed by atoms with Gasteiger partial charge in [-0.2, -0.15) is 0 Å². The number of morpholine rings is 1. The molecule has 1 atom stereocenters. The van der Waals surface area contributed by atoms with Gasteiger partial charge >= 0.3 is 0 Å². The fourth-order valence-electron chi connectivity index (χ4n) is 4.30. The van der Waals surface area contributed by atoms with Gasteiger partial charge in [-0.15, -0.1) is 0 Å². The molecule has 0 spiro atoms. The van der Waals surface area contributed by atoms with E-state index >= 15 is 0 Å². The highest BCUT2D eigenvalue weighted by Gasteiger charge is 2.21. The summed E-state index contributed by atoms with van der Waals surface area (Å²) in [5, 5.41) is 6.97. The Morgan fingerprint density at radius 1 is 1.19 bits per heavy atom.